The fourth-order valence-corrected chi connectivity index (χ4v) is 7.25. The molecule has 0 radical (unpaired) electrons. The van der Waals surface area contributed by atoms with Crippen LogP contribution in [0.2, 0.25) is 0 Å². The Labute approximate surface area is 364 Å². The maximum absolute atomic E-state index is 12.9. The van der Waals surface area contributed by atoms with Crippen LogP contribution in [0.4, 0.5) is 0 Å². The molecule has 0 aromatic heterocycles. The van der Waals surface area contributed by atoms with Crippen molar-refractivity contribution in [2.24, 2.45) is 0 Å². The molecule has 2 aliphatic rings. The largest absolute Gasteiger partial charge is 0.462 e. The van der Waals surface area contributed by atoms with E-state index in [2.05, 4.69) is 38.2 Å². The zero-order valence-electron chi connectivity index (χ0n) is 37.1. The predicted octanol–water partition coefficient (Wildman–Crippen LogP) is 5.21. The Bertz CT molecular complexity index is 1170. The van der Waals surface area contributed by atoms with Crippen LogP contribution in [0.25, 0.3) is 0 Å². The first-order valence-electron chi connectivity index (χ1n) is 23.4. The van der Waals surface area contributed by atoms with Crippen LogP contribution in [0.1, 0.15) is 162 Å². The van der Waals surface area contributed by atoms with Crippen molar-refractivity contribution in [3.63, 3.8) is 0 Å². The smallest absolute Gasteiger partial charge is 0.306 e. The average Bonchev–Trinajstić information content (AvgIpc) is 3.25. The monoisotopic (exact) mass is 875 g/mol. The zero-order valence-corrected chi connectivity index (χ0v) is 37.1. The van der Waals surface area contributed by atoms with Crippen LogP contribution >= 0.6 is 0 Å². The summed E-state index contributed by atoms with van der Waals surface area (Å²) in [5.41, 5.74) is 0. The van der Waals surface area contributed by atoms with E-state index in [4.69, 9.17) is 28.4 Å². The lowest BCUT2D eigenvalue weighted by molar-refractivity contribution is -0.332. The van der Waals surface area contributed by atoms with Gasteiger partial charge in [-0.1, -0.05) is 128 Å². The second-order valence-corrected chi connectivity index (χ2v) is 16.6. The lowest BCUT2D eigenvalue weighted by Gasteiger charge is -2.42. The Balaban J connectivity index is 1.84. The van der Waals surface area contributed by atoms with Crippen molar-refractivity contribution in [1.82, 2.24) is 0 Å². The molecule has 2 fully saturated rings. The second kappa shape index (κ2) is 34.4. The van der Waals surface area contributed by atoms with Crippen molar-refractivity contribution in [2.75, 3.05) is 26.4 Å². The maximum atomic E-state index is 12.9. The summed E-state index contributed by atoms with van der Waals surface area (Å²) in [5.74, 6) is -0.941. The van der Waals surface area contributed by atoms with Gasteiger partial charge in [0.2, 0.25) is 0 Å². The van der Waals surface area contributed by atoms with Gasteiger partial charge in [-0.3, -0.25) is 9.59 Å². The molecule has 2 heterocycles. The zero-order chi connectivity index (χ0) is 44.7. The molecule has 61 heavy (non-hydrogen) atoms. The Morgan fingerprint density at radius 1 is 0.525 bits per heavy atom. The van der Waals surface area contributed by atoms with Crippen molar-refractivity contribution >= 4 is 11.9 Å². The van der Waals surface area contributed by atoms with Gasteiger partial charge in [0.05, 0.1) is 19.8 Å². The summed E-state index contributed by atoms with van der Waals surface area (Å²) in [6, 6.07) is 0. The Morgan fingerprint density at radius 3 is 1.56 bits per heavy atom. The number of unbranched alkanes of at least 4 members (excludes halogenated alkanes) is 17. The molecule has 15 nitrogen and oxygen atoms in total. The molecule has 0 bridgehead atoms. The van der Waals surface area contributed by atoms with E-state index in [1.165, 1.54) is 57.8 Å². The molecule has 2 rings (SSSR count). The summed E-state index contributed by atoms with van der Waals surface area (Å²) in [7, 11) is 0. The number of aliphatic hydroxyl groups is 7. The summed E-state index contributed by atoms with van der Waals surface area (Å²) in [5, 5.41) is 71.8. The minimum Gasteiger partial charge on any atom is -0.462 e. The van der Waals surface area contributed by atoms with Crippen LogP contribution in [0.15, 0.2) is 24.3 Å². The first kappa shape index (κ1) is 55.1. The normalized spacial score (nSPS) is 27.5. The molecule has 4 unspecified atom stereocenters. The van der Waals surface area contributed by atoms with Crippen LogP contribution in [-0.2, 0) is 38.0 Å². The number of hydrogen-bond donors (Lipinski definition) is 7. The fourth-order valence-electron chi connectivity index (χ4n) is 7.25. The maximum Gasteiger partial charge on any atom is 0.306 e. The highest BCUT2D eigenvalue weighted by Crippen LogP contribution is 2.26. The number of esters is 2. The van der Waals surface area contributed by atoms with Gasteiger partial charge in [-0.2, -0.15) is 0 Å². The highest BCUT2D eigenvalue weighted by molar-refractivity contribution is 5.70. The first-order valence-corrected chi connectivity index (χ1v) is 23.4. The Kier molecular flexibility index (Phi) is 31.1. The van der Waals surface area contributed by atoms with E-state index in [1.807, 2.05) is 0 Å². The van der Waals surface area contributed by atoms with Gasteiger partial charge in [-0.05, 0) is 44.9 Å². The summed E-state index contributed by atoms with van der Waals surface area (Å²) >= 11 is 0. The van der Waals surface area contributed by atoms with Gasteiger partial charge in [0, 0.05) is 12.8 Å². The van der Waals surface area contributed by atoms with Crippen molar-refractivity contribution in [3.05, 3.63) is 24.3 Å². The molecule has 15 heteroatoms. The summed E-state index contributed by atoms with van der Waals surface area (Å²) in [6.45, 7) is 2.52. The third-order valence-corrected chi connectivity index (χ3v) is 11.2. The molecule has 2 aliphatic heterocycles. The minimum atomic E-state index is -1.76. The van der Waals surface area contributed by atoms with E-state index in [0.29, 0.717) is 12.8 Å². The molecule has 0 aromatic carbocycles. The van der Waals surface area contributed by atoms with Crippen molar-refractivity contribution in [3.8, 4) is 0 Å². The van der Waals surface area contributed by atoms with Crippen molar-refractivity contribution in [2.45, 2.75) is 229 Å². The number of hydrogen-bond acceptors (Lipinski definition) is 15. The molecular weight excluding hydrogens is 792 g/mol. The number of carbonyl (C=O) groups excluding carboxylic acids is 2. The molecule has 0 saturated carbocycles. The van der Waals surface area contributed by atoms with Crippen LogP contribution in [0, 0.1) is 0 Å². The van der Waals surface area contributed by atoms with Gasteiger partial charge in [0.15, 0.2) is 18.7 Å². The topological polar surface area (TPSA) is 231 Å². The molecule has 0 amide bonds. The van der Waals surface area contributed by atoms with E-state index >= 15 is 0 Å². The lowest BCUT2D eigenvalue weighted by atomic mass is 9.98. The van der Waals surface area contributed by atoms with Crippen LogP contribution < -0.4 is 0 Å². The fraction of sp³-hybridized carbons (Fsp3) is 0.870. The van der Waals surface area contributed by atoms with Crippen LogP contribution in [0.3, 0.4) is 0 Å². The van der Waals surface area contributed by atoms with E-state index in [0.717, 1.165) is 64.2 Å². The third kappa shape index (κ3) is 23.5. The molecular formula is C46H82O15. The van der Waals surface area contributed by atoms with Gasteiger partial charge >= 0.3 is 11.9 Å². The SMILES string of the molecule is CCCCC/C=C/C/C=C/CCCCCCCC(=O)OC[C@H](CO[C@@H]1O[C@H](CO[C@@H]2O[C@H](CO)[C@H](O)C(O)C2O)[C@H](O)C(O)C1O)OC(=O)CCCCCCCCCCCC. The van der Waals surface area contributed by atoms with E-state index in [-0.39, 0.29) is 26.1 Å². The Hall–Kier alpha value is -2.02. The second-order valence-electron chi connectivity index (χ2n) is 16.6. The number of rotatable bonds is 35. The molecule has 0 aliphatic carbocycles. The van der Waals surface area contributed by atoms with Gasteiger partial charge < -0.3 is 64.2 Å². The van der Waals surface area contributed by atoms with Crippen LogP contribution in [-0.4, -0.2) is 142 Å². The summed E-state index contributed by atoms with van der Waals surface area (Å²) < 4.78 is 33.4. The van der Waals surface area contributed by atoms with Gasteiger partial charge in [-0.25, -0.2) is 0 Å². The number of ether oxygens (including phenoxy) is 6. The number of aliphatic hydroxyl groups excluding tert-OH is 7. The molecule has 11 atom stereocenters. The lowest BCUT2D eigenvalue weighted by Crippen LogP contribution is -2.61. The third-order valence-electron chi connectivity index (χ3n) is 11.2. The molecule has 2 saturated heterocycles. The van der Waals surface area contributed by atoms with Crippen molar-refractivity contribution < 1.29 is 73.8 Å². The minimum absolute atomic E-state index is 0.164. The molecule has 7 N–H and O–H groups in total. The van der Waals surface area contributed by atoms with E-state index in [1.54, 1.807) is 0 Å². The van der Waals surface area contributed by atoms with Crippen molar-refractivity contribution in [1.29, 1.82) is 0 Å². The quantitative estimate of drug-likeness (QED) is 0.0246. The standard InChI is InChI=1S/C46H82O15/c1-3-5-7-9-11-13-15-16-17-18-19-21-22-24-26-28-37(48)56-31-34(59-38(49)29-27-25-23-20-14-12-10-8-6-4-2)32-57-45-44(55)42(53)40(51)36(61-45)33-58-46-43(54)41(52)39(50)35(30-47)60-46/h11,13,16-17,34-36,39-47,50-55H,3-10,12,14-15,18-33H2,1-2H3/b13-11+,17-16+/t34-,35-,36-,39+,40+,41?,42?,43?,44?,45-,46-/m1/s1. The molecule has 0 spiro atoms. The average molecular weight is 875 g/mol. The summed E-state index contributed by atoms with van der Waals surface area (Å²) in [6.07, 6.45) is 15.1. The number of carbonyl (C=O) groups is 2. The van der Waals surface area contributed by atoms with Crippen LogP contribution in [0.5, 0.6) is 0 Å². The summed E-state index contributed by atoms with van der Waals surface area (Å²) in [4.78, 5) is 25.6. The first-order chi connectivity index (χ1) is 29.5. The van der Waals surface area contributed by atoms with E-state index < -0.39 is 92.7 Å². The molecule has 0 aromatic rings. The molecule has 356 valence electrons. The van der Waals surface area contributed by atoms with Gasteiger partial charge in [-0.15, -0.1) is 0 Å². The predicted molar refractivity (Wildman–Crippen MR) is 229 cm³/mol. The number of allylic oxidation sites excluding steroid dienone is 4. The van der Waals surface area contributed by atoms with Gasteiger partial charge in [0.25, 0.3) is 0 Å². The Morgan fingerprint density at radius 2 is 0.984 bits per heavy atom. The highest BCUT2D eigenvalue weighted by atomic mass is 16.7. The van der Waals surface area contributed by atoms with Gasteiger partial charge in [0.1, 0.15) is 55.4 Å². The highest BCUT2D eigenvalue weighted by Gasteiger charge is 2.47. The van der Waals surface area contributed by atoms with E-state index in [9.17, 15) is 45.3 Å².